The molecule has 1 spiro atoms. The van der Waals surface area contributed by atoms with Crippen LogP contribution in [-0.4, -0.2) is 37.4 Å². The number of pyridine rings is 3. The fraction of sp³-hybridized carbons (Fsp3) is 0.308. The van der Waals surface area contributed by atoms with Gasteiger partial charge in [-0.1, -0.05) is 17.7 Å². The van der Waals surface area contributed by atoms with E-state index in [0.717, 1.165) is 78.2 Å². The van der Waals surface area contributed by atoms with E-state index in [2.05, 4.69) is 43.5 Å². The van der Waals surface area contributed by atoms with E-state index in [4.69, 9.17) is 21.6 Å². The SMILES string of the molecule is Cc1nccc(-c2ccc3nc(N4CCC5(CC4)Cc4cccnc4C5)c4cnc2n34)c1Cl. The van der Waals surface area contributed by atoms with Crippen LogP contribution in [-0.2, 0) is 12.8 Å². The molecule has 1 aliphatic heterocycles. The maximum Gasteiger partial charge on any atom is 0.157 e. The third-order valence-electron chi connectivity index (χ3n) is 7.65. The second-order valence-electron chi connectivity index (χ2n) is 9.55. The molecule has 0 amide bonds. The minimum absolute atomic E-state index is 0.356. The average Bonchev–Trinajstić information content (AvgIpc) is 3.52. The Morgan fingerprint density at radius 1 is 0.939 bits per heavy atom. The van der Waals surface area contributed by atoms with Crippen molar-refractivity contribution in [3.8, 4) is 11.1 Å². The van der Waals surface area contributed by atoms with Gasteiger partial charge in [-0.3, -0.25) is 14.4 Å². The molecule has 7 rings (SSSR count). The predicted molar refractivity (Wildman–Crippen MR) is 130 cm³/mol. The molecule has 0 unspecified atom stereocenters. The Bertz CT molecular complexity index is 1490. The standard InChI is InChI=1S/C26H23ClN6/c1-16-23(27)18(6-10-28-16)19-4-5-22-31-25(21-15-30-24(19)33(21)22)32-11-7-26(8-12-32)13-17-3-2-9-29-20(17)14-26/h2-6,9-10,15H,7-8,11-14H2,1H3. The van der Waals surface area contributed by atoms with Crippen molar-refractivity contribution in [2.45, 2.75) is 32.6 Å². The van der Waals surface area contributed by atoms with Crippen molar-refractivity contribution in [1.82, 2.24) is 24.3 Å². The summed E-state index contributed by atoms with van der Waals surface area (Å²) in [5, 5.41) is 0.672. The molecule has 0 aromatic carbocycles. The normalized spacial score (nSPS) is 17.5. The molecule has 7 heteroatoms. The lowest BCUT2D eigenvalue weighted by Gasteiger charge is -2.39. The van der Waals surface area contributed by atoms with Gasteiger partial charge in [0, 0.05) is 42.3 Å². The Morgan fingerprint density at radius 3 is 2.67 bits per heavy atom. The van der Waals surface area contributed by atoms with Gasteiger partial charge in [0.25, 0.3) is 0 Å². The zero-order valence-electron chi connectivity index (χ0n) is 18.4. The maximum atomic E-state index is 6.59. The number of imidazole rings is 2. The van der Waals surface area contributed by atoms with Crippen LogP contribution < -0.4 is 4.90 Å². The number of hydrogen-bond acceptors (Lipinski definition) is 5. The predicted octanol–water partition coefficient (Wildman–Crippen LogP) is 5.12. The van der Waals surface area contributed by atoms with Gasteiger partial charge in [-0.25, -0.2) is 9.97 Å². The van der Waals surface area contributed by atoms with E-state index >= 15 is 0 Å². The van der Waals surface area contributed by atoms with E-state index in [0.29, 0.717) is 10.4 Å². The van der Waals surface area contributed by atoms with Crippen LogP contribution in [0.4, 0.5) is 5.82 Å². The fourth-order valence-electron chi connectivity index (χ4n) is 5.85. The highest BCUT2D eigenvalue weighted by atomic mass is 35.5. The largest absolute Gasteiger partial charge is 0.355 e. The minimum atomic E-state index is 0.356. The van der Waals surface area contributed by atoms with Gasteiger partial charge < -0.3 is 4.90 Å². The fourth-order valence-corrected chi connectivity index (χ4v) is 6.06. The number of hydrogen-bond donors (Lipinski definition) is 0. The van der Waals surface area contributed by atoms with Crippen LogP contribution in [0.3, 0.4) is 0 Å². The van der Waals surface area contributed by atoms with Gasteiger partial charge >= 0.3 is 0 Å². The molecule has 0 radical (unpaired) electrons. The number of aryl methyl sites for hydroxylation is 1. The van der Waals surface area contributed by atoms with Crippen molar-refractivity contribution in [2.75, 3.05) is 18.0 Å². The number of piperidine rings is 1. The molecule has 5 aromatic heterocycles. The smallest absolute Gasteiger partial charge is 0.157 e. The van der Waals surface area contributed by atoms with E-state index in [-0.39, 0.29) is 0 Å². The molecule has 0 bridgehead atoms. The average molecular weight is 455 g/mol. The van der Waals surface area contributed by atoms with Crippen LogP contribution in [0.1, 0.15) is 29.8 Å². The summed E-state index contributed by atoms with van der Waals surface area (Å²) >= 11 is 6.59. The molecule has 0 saturated carbocycles. The van der Waals surface area contributed by atoms with Gasteiger partial charge in [0.05, 0.1) is 16.9 Å². The summed E-state index contributed by atoms with van der Waals surface area (Å²) in [5.74, 6) is 1.04. The zero-order valence-corrected chi connectivity index (χ0v) is 19.2. The van der Waals surface area contributed by atoms with E-state index in [1.165, 1.54) is 11.3 Å². The van der Waals surface area contributed by atoms with Gasteiger partial charge in [-0.15, -0.1) is 0 Å². The summed E-state index contributed by atoms with van der Waals surface area (Å²) in [6.07, 6.45) is 10.3. The topological polar surface area (TPSA) is 59.2 Å². The Labute approximate surface area is 196 Å². The second-order valence-corrected chi connectivity index (χ2v) is 9.93. The van der Waals surface area contributed by atoms with Gasteiger partial charge in [-0.05, 0) is 67.9 Å². The Balaban J connectivity index is 1.22. The molecule has 1 saturated heterocycles. The van der Waals surface area contributed by atoms with Crippen LogP contribution in [0.5, 0.6) is 0 Å². The van der Waals surface area contributed by atoms with Crippen molar-refractivity contribution < 1.29 is 0 Å². The molecule has 6 heterocycles. The van der Waals surface area contributed by atoms with Crippen LogP contribution in [0.2, 0.25) is 5.02 Å². The molecule has 0 N–H and O–H groups in total. The summed E-state index contributed by atoms with van der Waals surface area (Å²) in [7, 11) is 0. The first-order valence-corrected chi connectivity index (χ1v) is 11.9. The molecule has 2 aliphatic rings. The first kappa shape index (κ1) is 19.2. The highest BCUT2D eigenvalue weighted by Crippen LogP contribution is 2.45. The number of fused-ring (bicyclic) bond motifs is 1. The highest BCUT2D eigenvalue weighted by molar-refractivity contribution is 6.34. The number of anilines is 1. The number of aromatic nitrogens is 5. The molecule has 0 atom stereocenters. The maximum absolute atomic E-state index is 6.59. The highest BCUT2D eigenvalue weighted by Gasteiger charge is 2.41. The Kier molecular flexibility index (Phi) is 4.01. The van der Waals surface area contributed by atoms with Gasteiger partial charge in [0.2, 0.25) is 0 Å². The van der Waals surface area contributed by atoms with Crippen LogP contribution >= 0.6 is 11.6 Å². The van der Waals surface area contributed by atoms with Gasteiger partial charge in [0.1, 0.15) is 16.8 Å². The van der Waals surface area contributed by atoms with E-state index in [9.17, 15) is 0 Å². The lowest BCUT2D eigenvalue weighted by molar-refractivity contribution is 0.231. The molecular weight excluding hydrogens is 432 g/mol. The molecule has 33 heavy (non-hydrogen) atoms. The van der Waals surface area contributed by atoms with Gasteiger partial charge in [-0.2, -0.15) is 0 Å². The summed E-state index contributed by atoms with van der Waals surface area (Å²) < 4.78 is 2.16. The van der Waals surface area contributed by atoms with Crippen molar-refractivity contribution in [3.63, 3.8) is 0 Å². The Hall–Kier alpha value is -3.25. The first-order chi connectivity index (χ1) is 16.1. The third-order valence-corrected chi connectivity index (χ3v) is 8.13. The lowest BCUT2D eigenvalue weighted by atomic mass is 9.76. The monoisotopic (exact) mass is 454 g/mol. The molecule has 5 aromatic rings. The minimum Gasteiger partial charge on any atom is -0.355 e. The number of halogens is 1. The molecule has 6 nitrogen and oxygen atoms in total. The second kappa shape index (κ2) is 6.87. The van der Waals surface area contributed by atoms with Crippen molar-refractivity contribution in [2.24, 2.45) is 5.41 Å². The van der Waals surface area contributed by atoms with E-state index in [1.807, 2.05) is 25.4 Å². The lowest BCUT2D eigenvalue weighted by Crippen LogP contribution is -2.41. The molecule has 164 valence electrons. The van der Waals surface area contributed by atoms with Crippen molar-refractivity contribution in [1.29, 1.82) is 0 Å². The van der Waals surface area contributed by atoms with Crippen LogP contribution in [0.25, 0.3) is 27.9 Å². The molecular formula is C26H23ClN6. The van der Waals surface area contributed by atoms with E-state index < -0.39 is 0 Å². The van der Waals surface area contributed by atoms with Crippen LogP contribution in [0.15, 0.2) is 48.9 Å². The number of nitrogens with zero attached hydrogens (tertiary/aromatic N) is 6. The third kappa shape index (κ3) is 2.80. The first-order valence-electron chi connectivity index (χ1n) is 11.5. The summed E-state index contributed by atoms with van der Waals surface area (Å²) in [6.45, 7) is 3.95. The zero-order chi connectivity index (χ0) is 22.2. The number of rotatable bonds is 2. The summed E-state index contributed by atoms with van der Waals surface area (Å²) in [5.41, 5.74) is 8.75. The van der Waals surface area contributed by atoms with Crippen LogP contribution in [0, 0.1) is 12.3 Å². The Morgan fingerprint density at radius 2 is 1.82 bits per heavy atom. The molecule has 1 fully saturated rings. The van der Waals surface area contributed by atoms with Crippen molar-refractivity contribution in [3.05, 3.63) is 70.9 Å². The quantitative estimate of drug-likeness (QED) is 0.370. The van der Waals surface area contributed by atoms with Gasteiger partial charge in [0.15, 0.2) is 5.82 Å². The summed E-state index contributed by atoms with van der Waals surface area (Å²) in [4.78, 5) is 21.2. The summed E-state index contributed by atoms with van der Waals surface area (Å²) in [6, 6.07) is 10.4. The molecule has 1 aliphatic carbocycles. The van der Waals surface area contributed by atoms with E-state index in [1.54, 1.807) is 6.20 Å². The van der Waals surface area contributed by atoms with Crippen molar-refractivity contribution >= 4 is 34.2 Å².